The van der Waals surface area contributed by atoms with Crippen molar-refractivity contribution in [3.05, 3.63) is 83.2 Å². The molecule has 2 aromatic carbocycles. The van der Waals surface area contributed by atoms with Gasteiger partial charge in [-0.2, -0.15) is 0 Å². The van der Waals surface area contributed by atoms with Gasteiger partial charge in [-0.25, -0.2) is 4.98 Å². The maximum absolute atomic E-state index is 11.9. The zero-order valence-corrected chi connectivity index (χ0v) is 19.5. The maximum atomic E-state index is 11.9. The predicted octanol–water partition coefficient (Wildman–Crippen LogP) is 5.69. The van der Waals surface area contributed by atoms with Crippen molar-refractivity contribution < 1.29 is 14.6 Å². The Morgan fingerprint density at radius 3 is 2.74 bits per heavy atom. The van der Waals surface area contributed by atoms with E-state index in [0.29, 0.717) is 6.61 Å². The number of carboxylic acid groups (broad SMARTS) is 1. The number of aliphatic carboxylic acids is 1. The SMILES string of the molecule is Cc1cccnc1-c1ccc2c(-c3ccc4c5c(ccnc35)CCO4)c(CC(=O)O)c(C)cc2n1. The predicted molar refractivity (Wildman–Crippen MR) is 136 cm³/mol. The zero-order valence-electron chi connectivity index (χ0n) is 19.5. The standard InChI is InChI=1S/C29H23N3O3/c1-16-4-3-11-30-28(16)22-7-5-19-23(32-22)14-17(2)21(15-25(33)34)27(19)20-6-8-24-26-18(10-13-35-24)9-12-31-29(20)26/h3-9,11-12,14H,10,13,15H2,1-2H3,(H,33,34). The molecule has 0 aliphatic carbocycles. The van der Waals surface area contributed by atoms with Crippen LogP contribution in [0.5, 0.6) is 5.75 Å². The average molecular weight is 462 g/mol. The second-order valence-electron chi connectivity index (χ2n) is 8.95. The topological polar surface area (TPSA) is 85.2 Å². The van der Waals surface area contributed by atoms with Gasteiger partial charge in [0.05, 0.1) is 35.4 Å². The summed E-state index contributed by atoms with van der Waals surface area (Å²) in [6.45, 7) is 4.61. The molecule has 6 nitrogen and oxygen atoms in total. The number of pyridine rings is 3. The van der Waals surface area contributed by atoms with Crippen LogP contribution in [0.3, 0.4) is 0 Å². The van der Waals surface area contributed by atoms with Crippen LogP contribution in [0.25, 0.3) is 44.3 Å². The summed E-state index contributed by atoms with van der Waals surface area (Å²) in [5.74, 6) is -0.0534. The van der Waals surface area contributed by atoms with Crippen molar-refractivity contribution in [2.24, 2.45) is 0 Å². The van der Waals surface area contributed by atoms with Crippen LogP contribution in [-0.4, -0.2) is 32.6 Å². The van der Waals surface area contributed by atoms with Crippen molar-refractivity contribution in [2.75, 3.05) is 6.61 Å². The first-order valence-electron chi connectivity index (χ1n) is 11.6. The second-order valence-corrected chi connectivity index (χ2v) is 8.95. The number of hydrogen-bond donors (Lipinski definition) is 1. The number of aryl methyl sites for hydroxylation is 2. The number of ether oxygens (including phenoxy) is 1. The molecule has 0 fully saturated rings. The smallest absolute Gasteiger partial charge is 0.307 e. The summed E-state index contributed by atoms with van der Waals surface area (Å²) in [6, 6.07) is 15.9. The summed E-state index contributed by atoms with van der Waals surface area (Å²) in [7, 11) is 0. The Kier molecular flexibility index (Phi) is 4.95. The van der Waals surface area contributed by atoms with E-state index >= 15 is 0 Å². The molecule has 0 saturated carbocycles. The molecular formula is C29H23N3O3. The van der Waals surface area contributed by atoms with E-state index in [-0.39, 0.29) is 6.42 Å². The van der Waals surface area contributed by atoms with Crippen LogP contribution in [0, 0.1) is 13.8 Å². The van der Waals surface area contributed by atoms with Crippen molar-refractivity contribution in [1.29, 1.82) is 0 Å². The molecule has 1 N–H and O–H groups in total. The highest BCUT2D eigenvalue weighted by Crippen LogP contribution is 2.42. The fourth-order valence-electron chi connectivity index (χ4n) is 5.12. The summed E-state index contributed by atoms with van der Waals surface area (Å²) in [5.41, 5.74) is 8.90. The van der Waals surface area contributed by atoms with Gasteiger partial charge in [-0.15, -0.1) is 0 Å². The van der Waals surface area contributed by atoms with Crippen LogP contribution in [0.4, 0.5) is 0 Å². The fraction of sp³-hybridized carbons (Fsp3) is 0.172. The van der Waals surface area contributed by atoms with Gasteiger partial charge in [0.1, 0.15) is 5.75 Å². The minimum absolute atomic E-state index is 0.0857. The van der Waals surface area contributed by atoms with Crippen molar-refractivity contribution in [1.82, 2.24) is 15.0 Å². The summed E-state index contributed by atoms with van der Waals surface area (Å²) < 4.78 is 5.91. The first-order valence-corrected chi connectivity index (χ1v) is 11.6. The molecule has 0 amide bonds. The van der Waals surface area contributed by atoms with Gasteiger partial charge in [0.25, 0.3) is 0 Å². The molecule has 1 aliphatic heterocycles. The normalized spacial score (nSPS) is 12.6. The van der Waals surface area contributed by atoms with E-state index in [9.17, 15) is 9.90 Å². The summed E-state index contributed by atoms with van der Waals surface area (Å²) >= 11 is 0. The number of benzene rings is 2. The van der Waals surface area contributed by atoms with Crippen molar-refractivity contribution in [2.45, 2.75) is 26.7 Å². The largest absolute Gasteiger partial charge is 0.493 e. The van der Waals surface area contributed by atoms with Gasteiger partial charge in [0, 0.05) is 35.2 Å². The summed E-state index contributed by atoms with van der Waals surface area (Å²) in [5, 5.41) is 11.6. The molecule has 6 rings (SSSR count). The number of fused-ring (bicyclic) bond motifs is 1. The van der Waals surface area contributed by atoms with Gasteiger partial charge in [-0.1, -0.05) is 6.07 Å². The van der Waals surface area contributed by atoms with E-state index in [2.05, 4.69) is 4.98 Å². The monoisotopic (exact) mass is 461 g/mol. The Bertz CT molecular complexity index is 1650. The quantitative estimate of drug-likeness (QED) is 0.370. The molecule has 0 unspecified atom stereocenters. The lowest BCUT2D eigenvalue weighted by Crippen LogP contribution is -2.10. The highest BCUT2D eigenvalue weighted by atomic mass is 16.5. The summed E-state index contributed by atoms with van der Waals surface area (Å²) in [4.78, 5) is 26.1. The third kappa shape index (κ3) is 3.49. The number of nitrogens with zero attached hydrogens (tertiary/aromatic N) is 3. The molecule has 0 atom stereocenters. The Morgan fingerprint density at radius 2 is 1.91 bits per heavy atom. The summed E-state index contributed by atoms with van der Waals surface area (Å²) in [6.07, 6.45) is 4.33. The molecule has 0 radical (unpaired) electrons. The number of rotatable bonds is 4. The molecule has 4 heterocycles. The van der Waals surface area contributed by atoms with Gasteiger partial charge in [-0.05, 0) is 84.1 Å². The maximum Gasteiger partial charge on any atom is 0.307 e. The van der Waals surface area contributed by atoms with E-state index < -0.39 is 5.97 Å². The number of carboxylic acids is 1. The number of aromatic nitrogens is 3. The Hall–Kier alpha value is -4.32. The van der Waals surface area contributed by atoms with E-state index in [1.807, 2.05) is 68.6 Å². The molecule has 3 aromatic heterocycles. The molecule has 0 spiro atoms. The highest BCUT2D eigenvalue weighted by molar-refractivity contribution is 6.08. The van der Waals surface area contributed by atoms with Crippen molar-refractivity contribution >= 4 is 27.8 Å². The van der Waals surface area contributed by atoms with Gasteiger partial charge in [0.15, 0.2) is 0 Å². The van der Waals surface area contributed by atoms with Gasteiger partial charge in [0.2, 0.25) is 0 Å². The lowest BCUT2D eigenvalue weighted by Gasteiger charge is -2.21. The lowest BCUT2D eigenvalue weighted by molar-refractivity contribution is -0.136. The van der Waals surface area contributed by atoms with Crippen LogP contribution < -0.4 is 4.74 Å². The van der Waals surface area contributed by atoms with Crippen molar-refractivity contribution in [3.8, 4) is 28.3 Å². The third-order valence-corrected chi connectivity index (χ3v) is 6.74. The molecule has 5 aromatic rings. The Labute approximate surface area is 202 Å². The van der Waals surface area contributed by atoms with Gasteiger partial charge >= 0.3 is 5.97 Å². The Morgan fingerprint density at radius 1 is 1.03 bits per heavy atom. The number of carbonyl (C=O) groups is 1. The minimum atomic E-state index is -0.874. The first-order chi connectivity index (χ1) is 17.0. The molecule has 1 aliphatic rings. The van der Waals surface area contributed by atoms with E-state index in [4.69, 9.17) is 14.7 Å². The van der Waals surface area contributed by atoms with Gasteiger partial charge < -0.3 is 9.84 Å². The van der Waals surface area contributed by atoms with Crippen LogP contribution >= 0.6 is 0 Å². The van der Waals surface area contributed by atoms with Crippen LogP contribution in [0.15, 0.2) is 60.9 Å². The molecule has 0 saturated heterocycles. The third-order valence-electron chi connectivity index (χ3n) is 6.74. The van der Waals surface area contributed by atoms with Crippen molar-refractivity contribution in [3.63, 3.8) is 0 Å². The molecule has 6 heteroatoms. The molecular weight excluding hydrogens is 438 g/mol. The lowest BCUT2D eigenvalue weighted by atomic mass is 9.87. The molecule has 0 bridgehead atoms. The zero-order chi connectivity index (χ0) is 24.1. The molecule has 35 heavy (non-hydrogen) atoms. The highest BCUT2D eigenvalue weighted by Gasteiger charge is 2.22. The molecule has 172 valence electrons. The van der Waals surface area contributed by atoms with E-state index in [1.165, 1.54) is 5.56 Å². The first kappa shape index (κ1) is 21.2. The van der Waals surface area contributed by atoms with Crippen LogP contribution in [0.1, 0.15) is 22.3 Å². The average Bonchev–Trinajstić information content (AvgIpc) is 2.85. The second kappa shape index (κ2) is 8.17. The van der Waals surface area contributed by atoms with E-state index in [0.717, 1.165) is 73.2 Å². The van der Waals surface area contributed by atoms with E-state index in [1.54, 1.807) is 6.20 Å². The van der Waals surface area contributed by atoms with Crippen LogP contribution in [-0.2, 0) is 17.6 Å². The van der Waals surface area contributed by atoms with Gasteiger partial charge in [-0.3, -0.25) is 14.8 Å². The number of hydrogen-bond acceptors (Lipinski definition) is 5. The van der Waals surface area contributed by atoms with Crippen LogP contribution in [0.2, 0.25) is 0 Å². The fourth-order valence-corrected chi connectivity index (χ4v) is 5.12. The minimum Gasteiger partial charge on any atom is -0.493 e. The Balaban J connectivity index is 1.68.